The lowest BCUT2D eigenvalue weighted by molar-refractivity contribution is -0.116. The van der Waals surface area contributed by atoms with Crippen LogP contribution in [0.15, 0.2) is 53.6 Å². The van der Waals surface area contributed by atoms with Gasteiger partial charge in [-0.05, 0) is 44.5 Å². The highest BCUT2D eigenvalue weighted by molar-refractivity contribution is 5.92. The molecule has 0 bridgehead atoms. The SMILES string of the molecule is COc1cc2ncn(CCCC(=O)Nc3ccccc3-n3nc(C)cc3C)c(=O)c2cc1OC. The second-order valence-corrected chi connectivity index (χ2v) is 7.98. The molecule has 0 spiro atoms. The van der Waals surface area contributed by atoms with Crippen LogP contribution in [0.25, 0.3) is 16.6 Å². The molecule has 0 fully saturated rings. The van der Waals surface area contributed by atoms with Gasteiger partial charge in [-0.3, -0.25) is 14.2 Å². The minimum absolute atomic E-state index is 0.137. The van der Waals surface area contributed by atoms with Crippen molar-refractivity contribution in [1.29, 1.82) is 0 Å². The van der Waals surface area contributed by atoms with Crippen molar-refractivity contribution in [3.05, 3.63) is 70.5 Å². The maximum absolute atomic E-state index is 12.9. The Hall–Kier alpha value is -4.14. The molecule has 0 saturated carbocycles. The van der Waals surface area contributed by atoms with Crippen LogP contribution in [0, 0.1) is 13.8 Å². The lowest BCUT2D eigenvalue weighted by Crippen LogP contribution is -2.22. The first kappa shape index (κ1) is 23.0. The van der Waals surface area contributed by atoms with Crippen LogP contribution >= 0.6 is 0 Å². The van der Waals surface area contributed by atoms with Crippen LogP contribution in [0.5, 0.6) is 11.5 Å². The number of anilines is 1. The summed E-state index contributed by atoms with van der Waals surface area (Å²) in [6.45, 7) is 4.27. The molecule has 0 radical (unpaired) electrons. The molecular weight excluding hydrogens is 434 g/mol. The van der Waals surface area contributed by atoms with E-state index in [1.807, 2.05) is 48.9 Å². The van der Waals surface area contributed by atoms with E-state index in [1.165, 1.54) is 25.1 Å². The van der Waals surface area contributed by atoms with Crippen LogP contribution in [0.4, 0.5) is 5.69 Å². The van der Waals surface area contributed by atoms with E-state index in [9.17, 15) is 9.59 Å². The Balaban J connectivity index is 1.45. The highest BCUT2D eigenvalue weighted by Gasteiger charge is 2.13. The highest BCUT2D eigenvalue weighted by Crippen LogP contribution is 2.29. The summed E-state index contributed by atoms with van der Waals surface area (Å²) in [6.07, 6.45) is 2.22. The fraction of sp³-hybridized carbons (Fsp3) is 0.280. The average Bonchev–Trinajstić information content (AvgIpc) is 3.17. The number of para-hydroxylation sites is 2. The number of nitrogens with one attached hydrogen (secondary N) is 1. The van der Waals surface area contributed by atoms with Crippen molar-refractivity contribution in [1.82, 2.24) is 19.3 Å². The predicted molar refractivity (Wildman–Crippen MR) is 130 cm³/mol. The molecule has 4 rings (SSSR count). The Labute approximate surface area is 197 Å². The summed E-state index contributed by atoms with van der Waals surface area (Å²) in [5.74, 6) is 0.839. The summed E-state index contributed by atoms with van der Waals surface area (Å²) in [6, 6.07) is 12.8. The molecule has 9 heteroatoms. The monoisotopic (exact) mass is 461 g/mol. The molecule has 0 aliphatic carbocycles. The molecule has 4 aromatic rings. The first-order chi connectivity index (χ1) is 16.4. The molecule has 1 N–H and O–H groups in total. The van der Waals surface area contributed by atoms with Gasteiger partial charge in [0.1, 0.15) is 0 Å². The summed E-state index contributed by atoms with van der Waals surface area (Å²) in [5.41, 5.74) is 3.71. The van der Waals surface area contributed by atoms with E-state index in [0.29, 0.717) is 41.1 Å². The summed E-state index contributed by atoms with van der Waals surface area (Å²) in [5, 5.41) is 7.92. The molecule has 0 aliphatic rings. The molecule has 0 aliphatic heterocycles. The molecule has 176 valence electrons. The fourth-order valence-corrected chi connectivity index (χ4v) is 3.90. The van der Waals surface area contributed by atoms with Crippen molar-refractivity contribution < 1.29 is 14.3 Å². The topological polar surface area (TPSA) is 100 Å². The van der Waals surface area contributed by atoms with Gasteiger partial charge >= 0.3 is 0 Å². The van der Waals surface area contributed by atoms with Crippen molar-refractivity contribution in [3.8, 4) is 17.2 Å². The lowest BCUT2D eigenvalue weighted by atomic mass is 10.2. The average molecular weight is 462 g/mol. The quantitative estimate of drug-likeness (QED) is 0.430. The van der Waals surface area contributed by atoms with Crippen LogP contribution in [0.3, 0.4) is 0 Å². The molecule has 1 amide bonds. The molecule has 0 saturated heterocycles. The normalized spacial score (nSPS) is 10.9. The second kappa shape index (κ2) is 9.78. The minimum Gasteiger partial charge on any atom is -0.493 e. The van der Waals surface area contributed by atoms with Gasteiger partial charge in [0.2, 0.25) is 5.91 Å². The molecular formula is C25H27N5O4. The number of carbonyl (C=O) groups excluding carboxylic acids is 1. The van der Waals surface area contributed by atoms with Gasteiger partial charge in [-0.2, -0.15) is 5.10 Å². The van der Waals surface area contributed by atoms with Crippen LogP contribution in [0.2, 0.25) is 0 Å². The zero-order chi connectivity index (χ0) is 24.2. The third kappa shape index (κ3) is 4.63. The molecule has 34 heavy (non-hydrogen) atoms. The Morgan fingerprint density at radius 3 is 2.50 bits per heavy atom. The molecule has 0 atom stereocenters. The number of ether oxygens (including phenoxy) is 2. The lowest BCUT2D eigenvalue weighted by Gasteiger charge is -2.13. The Morgan fingerprint density at radius 1 is 1.06 bits per heavy atom. The summed E-state index contributed by atoms with van der Waals surface area (Å²) < 4.78 is 13.9. The third-order valence-corrected chi connectivity index (χ3v) is 5.55. The van der Waals surface area contributed by atoms with Crippen molar-refractivity contribution in [3.63, 3.8) is 0 Å². The number of aryl methyl sites for hydroxylation is 3. The number of carbonyl (C=O) groups is 1. The van der Waals surface area contributed by atoms with Gasteiger partial charge in [0.05, 0.1) is 48.5 Å². The zero-order valence-electron chi connectivity index (χ0n) is 19.7. The van der Waals surface area contributed by atoms with Crippen molar-refractivity contribution in [2.75, 3.05) is 19.5 Å². The number of hydrogen-bond donors (Lipinski definition) is 1. The Kier molecular flexibility index (Phi) is 6.62. The van der Waals surface area contributed by atoms with Crippen LogP contribution < -0.4 is 20.3 Å². The summed E-state index contributed by atoms with van der Waals surface area (Å²) in [7, 11) is 3.05. The van der Waals surface area contributed by atoms with Crippen molar-refractivity contribution >= 4 is 22.5 Å². The number of methoxy groups -OCH3 is 2. The van der Waals surface area contributed by atoms with E-state index in [0.717, 1.165) is 17.1 Å². The summed E-state index contributed by atoms with van der Waals surface area (Å²) >= 11 is 0. The van der Waals surface area contributed by atoms with E-state index in [2.05, 4.69) is 15.4 Å². The predicted octanol–water partition coefficient (Wildman–Crippen LogP) is 3.64. The van der Waals surface area contributed by atoms with Gasteiger partial charge in [-0.25, -0.2) is 9.67 Å². The molecule has 2 heterocycles. The third-order valence-electron chi connectivity index (χ3n) is 5.55. The largest absolute Gasteiger partial charge is 0.493 e. The Bertz CT molecular complexity index is 1410. The van der Waals surface area contributed by atoms with Crippen LogP contribution in [-0.2, 0) is 11.3 Å². The van der Waals surface area contributed by atoms with Crippen LogP contribution in [0.1, 0.15) is 24.2 Å². The first-order valence-corrected chi connectivity index (χ1v) is 10.9. The fourth-order valence-electron chi connectivity index (χ4n) is 3.90. The maximum atomic E-state index is 12.9. The van der Waals surface area contributed by atoms with Gasteiger partial charge < -0.3 is 14.8 Å². The van der Waals surface area contributed by atoms with E-state index >= 15 is 0 Å². The number of rotatable bonds is 8. The minimum atomic E-state index is -0.193. The van der Waals surface area contributed by atoms with Gasteiger partial charge in [-0.15, -0.1) is 0 Å². The number of nitrogens with zero attached hydrogens (tertiary/aromatic N) is 4. The van der Waals surface area contributed by atoms with Gasteiger partial charge in [0, 0.05) is 24.7 Å². The van der Waals surface area contributed by atoms with Gasteiger partial charge in [-0.1, -0.05) is 12.1 Å². The van der Waals surface area contributed by atoms with Crippen molar-refractivity contribution in [2.45, 2.75) is 33.2 Å². The Morgan fingerprint density at radius 2 is 1.79 bits per heavy atom. The van der Waals surface area contributed by atoms with E-state index < -0.39 is 0 Å². The number of fused-ring (bicyclic) bond motifs is 1. The molecule has 2 aromatic heterocycles. The molecule has 9 nitrogen and oxygen atoms in total. The van der Waals surface area contributed by atoms with Gasteiger partial charge in [0.25, 0.3) is 5.56 Å². The number of amides is 1. The number of benzene rings is 2. The summed E-state index contributed by atoms with van der Waals surface area (Å²) in [4.78, 5) is 29.9. The van der Waals surface area contributed by atoms with Crippen LogP contribution in [-0.4, -0.2) is 39.5 Å². The van der Waals surface area contributed by atoms with E-state index in [1.54, 1.807) is 12.1 Å². The zero-order valence-corrected chi connectivity index (χ0v) is 19.7. The standard InChI is InChI=1S/C25H27N5O4/c1-16-12-17(2)30(28-16)21-9-6-5-8-19(21)27-24(31)10-7-11-29-15-26-20-14-23(34-4)22(33-3)13-18(20)25(29)32/h5-6,8-9,12-15H,7,10-11H2,1-4H3,(H,27,31). The second-order valence-electron chi connectivity index (χ2n) is 7.98. The molecule has 2 aromatic carbocycles. The highest BCUT2D eigenvalue weighted by atomic mass is 16.5. The van der Waals surface area contributed by atoms with E-state index in [-0.39, 0.29) is 17.9 Å². The van der Waals surface area contributed by atoms with Gasteiger partial charge in [0.15, 0.2) is 11.5 Å². The number of aromatic nitrogens is 4. The van der Waals surface area contributed by atoms with E-state index in [4.69, 9.17) is 9.47 Å². The first-order valence-electron chi connectivity index (χ1n) is 10.9. The smallest absolute Gasteiger partial charge is 0.261 e. The van der Waals surface area contributed by atoms with Crippen molar-refractivity contribution in [2.24, 2.45) is 0 Å². The molecule has 0 unspecified atom stereocenters. The number of hydrogen-bond acceptors (Lipinski definition) is 6. The maximum Gasteiger partial charge on any atom is 0.261 e.